The van der Waals surface area contributed by atoms with Gasteiger partial charge in [0.15, 0.2) is 0 Å². The van der Waals surface area contributed by atoms with Gasteiger partial charge in [0.05, 0.1) is 25.7 Å². The van der Waals surface area contributed by atoms with Crippen LogP contribution in [0.2, 0.25) is 0 Å². The molecule has 1 amide bonds. The van der Waals surface area contributed by atoms with E-state index in [1.165, 1.54) is 12.5 Å². The lowest BCUT2D eigenvalue weighted by Gasteiger charge is -2.29. The molecule has 2 N–H and O–H groups in total. The molecule has 100 valence electrons. The number of morpholine rings is 1. The molecule has 0 aromatic carbocycles. The summed E-state index contributed by atoms with van der Waals surface area (Å²) in [6.07, 6.45) is 3.04. The summed E-state index contributed by atoms with van der Waals surface area (Å²) in [4.78, 5) is 20.7. The molecule has 18 heavy (non-hydrogen) atoms. The number of amides is 1. The van der Waals surface area contributed by atoms with Crippen molar-refractivity contribution in [1.29, 1.82) is 0 Å². The van der Waals surface area contributed by atoms with Crippen molar-refractivity contribution in [2.45, 2.75) is 6.92 Å². The molecule has 0 spiro atoms. The normalized spacial score (nSPS) is 18.5. The molecule has 1 aliphatic heterocycles. The zero-order valence-electron chi connectivity index (χ0n) is 10.7. The Labute approximate surface area is 107 Å². The van der Waals surface area contributed by atoms with E-state index >= 15 is 0 Å². The Balaban J connectivity index is 1.68. The molecule has 1 aromatic rings. The molecule has 1 atom stereocenters. The zero-order valence-corrected chi connectivity index (χ0v) is 10.7. The predicted molar refractivity (Wildman–Crippen MR) is 67.3 cm³/mol. The zero-order chi connectivity index (χ0) is 12.8. The third kappa shape index (κ3) is 3.82. The van der Waals surface area contributed by atoms with Gasteiger partial charge in [0, 0.05) is 26.2 Å². The fraction of sp³-hybridized carbons (Fsp3) is 0.667. The van der Waals surface area contributed by atoms with Gasteiger partial charge in [0.25, 0.3) is 5.91 Å². The van der Waals surface area contributed by atoms with Gasteiger partial charge in [0.1, 0.15) is 5.69 Å². The molecule has 1 unspecified atom stereocenters. The SMILES string of the molecule is CC(CNC(=O)c1cnc[nH]1)CN1CCOCC1. The lowest BCUT2D eigenvalue weighted by atomic mass is 10.1. The van der Waals surface area contributed by atoms with Crippen LogP contribution in [0.15, 0.2) is 12.5 Å². The Kier molecular flexibility index (Phi) is 4.72. The number of aromatic nitrogens is 2. The number of rotatable bonds is 5. The van der Waals surface area contributed by atoms with Gasteiger partial charge in [-0.1, -0.05) is 6.92 Å². The summed E-state index contributed by atoms with van der Waals surface area (Å²) >= 11 is 0. The number of carbonyl (C=O) groups excluding carboxylic acids is 1. The molecule has 2 heterocycles. The Morgan fingerprint density at radius 1 is 1.61 bits per heavy atom. The number of hydrogen-bond acceptors (Lipinski definition) is 4. The topological polar surface area (TPSA) is 70.2 Å². The number of H-pyrrole nitrogens is 1. The molecule has 1 aromatic heterocycles. The van der Waals surface area contributed by atoms with Crippen LogP contribution in [-0.4, -0.2) is 60.2 Å². The number of carbonyl (C=O) groups is 1. The van der Waals surface area contributed by atoms with Gasteiger partial charge in [-0.3, -0.25) is 9.69 Å². The first kappa shape index (κ1) is 13.0. The Morgan fingerprint density at radius 2 is 2.39 bits per heavy atom. The number of nitrogens with one attached hydrogen (secondary N) is 2. The van der Waals surface area contributed by atoms with E-state index in [1.54, 1.807) is 0 Å². The van der Waals surface area contributed by atoms with E-state index in [4.69, 9.17) is 4.74 Å². The van der Waals surface area contributed by atoms with E-state index in [0.717, 1.165) is 32.8 Å². The largest absolute Gasteiger partial charge is 0.379 e. The molecular formula is C12H20N4O2. The smallest absolute Gasteiger partial charge is 0.269 e. The Bertz CT molecular complexity index is 360. The van der Waals surface area contributed by atoms with E-state index in [-0.39, 0.29) is 5.91 Å². The van der Waals surface area contributed by atoms with Crippen molar-refractivity contribution >= 4 is 5.91 Å². The fourth-order valence-electron chi connectivity index (χ4n) is 2.03. The van der Waals surface area contributed by atoms with Gasteiger partial charge in [-0.25, -0.2) is 4.98 Å². The molecule has 0 bridgehead atoms. The van der Waals surface area contributed by atoms with E-state index in [2.05, 4.69) is 27.1 Å². The molecule has 1 saturated heterocycles. The van der Waals surface area contributed by atoms with Crippen molar-refractivity contribution in [2.75, 3.05) is 39.4 Å². The Hall–Kier alpha value is -1.40. The van der Waals surface area contributed by atoms with Crippen molar-refractivity contribution in [1.82, 2.24) is 20.2 Å². The van der Waals surface area contributed by atoms with Crippen LogP contribution in [0.5, 0.6) is 0 Å². The molecule has 1 fully saturated rings. The highest BCUT2D eigenvalue weighted by Gasteiger charge is 2.14. The molecule has 0 radical (unpaired) electrons. The highest BCUT2D eigenvalue weighted by Crippen LogP contribution is 2.03. The lowest BCUT2D eigenvalue weighted by Crippen LogP contribution is -2.41. The standard InChI is InChI=1S/C12H20N4O2/c1-10(8-16-2-4-18-5-3-16)6-14-12(17)11-7-13-9-15-11/h7,9-10H,2-6,8H2,1H3,(H,13,15)(H,14,17). The quantitative estimate of drug-likeness (QED) is 0.780. The number of ether oxygens (including phenoxy) is 1. The number of hydrogen-bond donors (Lipinski definition) is 2. The van der Waals surface area contributed by atoms with Gasteiger partial charge in [-0.05, 0) is 5.92 Å². The van der Waals surface area contributed by atoms with Crippen molar-refractivity contribution in [3.63, 3.8) is 0 Å². The van der Waals surface area contributed by atoms with Crippen molar-refractivity contribution in [3.05, 3.63) is 18.2 Å². The number of aromatic amines is 1. The molecule has 6 nitrogen and oxygen atoms in total. The third-order valence-electron chi connectivity index (χ3n) is 3.03. The van der Waals surface area contributed by atoms with Crippen LogP contribution in [0, 0.1) is 5.92 Å². The second kappa shape index (κ2) is 6.51. The van der Waals surface area contributed by atoms with E-state index < -0.39 is 0 Å². The van der Waals surface area contributed by atoms with Gasteiger partial charge < -0.3 is 15.0 Å². The second-order valence-corrected chi connectivity index (χ2v) is 4.69. The maximum Gasteiger partial charge on any atom is 0.269 e. The molecular weight excluding hydrogens is 232 g/mol. The summed E-state index contributed by atoms with van der Waals surface area (Å²) < 4.78 is 5.31. The molecule has 0 aliphatic carbocycles. The fourth-order valence-corrected chi connectivity index (χ4v) is 2.03. The van der Waals surface area contributed by atoms with Crippen LogP contribution < -0.4 is 5.32 Å². The Morgan fingerprint density at radius 3 is 3.06 bits per heavy atom. The van der Waals surface area contributed by atoms with Gasteiger partial charge in [-0.2, -0.15) is 0 Å². The lowest BCUT2D eigenvalue weighted by molar-refractivity contribution is 0.0317. The monoisotopic (exact) mass is 252 g/mol. The summed E-state index contributed by atoms with van der Waals surface area (Å²) in [5.41, 5.74) is 0.508. The van der Waals surface area contributed by atoms with Crippen molar-refractivity contribution in [3.8, 4) is 0 Å². The minimum absolute atomic E-state index is 0.0960. The molecule has 0 saturated carbocycles. The minimum Gasteiger partial charge on any atom is -0.379 e. The maximum absolute atomic E-state index is 11.7. The van der Waals surface area contributed by atoms with Crippen LogP contribution in [-0.2, 0) is 4.74 Å². The summed E-state index contributed by atoms with van der Waals surface area (Å²) in [7, 11) is 0. The van der Waals surface area contributed by atoms with Crippen LogP contribution in [0.4, 0.5) is 0 Å². The highest BCUT2D eigenvalue weighted by atomic mass is 16.5. The summed E-state index contributed by atoms with van der Waals surface area (Å²) in [6, 6.07) is 0. The second-order valence-electron chi connectivity index (χ2n) is 4.69. The summed E-state index contributed by atoms with van der Waals surface area (Å²) in [6.45, 7) is 7.41. The molecule has 2 rings (SSSR count). The molecule has 1 aliphatic rings. The van der Waals surface area contributed by atoms with E-state index in [0.29, 0.717) is 18.2 Å². The van der Waals surface area contributed by atoms with E-state index in [1.807, 2.05) is 0 Å². The first-order valence-electron chi connectivity index (χ1n) is 6.32. The van der Waals surface area contributed by atoms with Crippen LogP contribution in [0.3, 0.4) is 0 Å². The predicted octanol–water partition coefficient (Wildman–Crippen LogP) is 0.108. The highest BCUT2D eigenvalue weighted by molar-refractivity contribution is 5.91. The van der Waals surface area contributed by atoms with Gasteiger partial charge in [-0.15, -0.1) is 0 Å². The average Bonchev–Trinajstić information content (AvgIpc) is 2.91. The molecule has 6 heteroatoms. The average molecular weight is 252 g/mol. The van der Waals surface area contributed by atoms with E-state index in [9.17, 15) is 4.79 Å². The van der Waals surface area contributed by atoms with Crippen molar-refractivity contribution in [2.24, 2.45) is 5.92 Å². The summed E-state index contributed by atoms with van der Waals surface area (Å²) in [5, 5.41) is 2.91. The maximum atomic E-state index is 11.7. The van der Waals surface area contributed by atoms with Crippen LogP contribution >= 0.6 is 0 Å². The third-order valence-corrected chi connectivity index (χ3v) is 3.03. The van der Waals surface area contributed by atoms with Crippen LogP contribution in [0.1, 0.15) is 17.4 Å². The van der Waals surface area contributed by atoms with Gasteiger partial charge >= 0.3 is 0 Å². The van der Waals surface area contributed by atoms with Crippen molar-refractivity contribution < 1.29 is 9.53 Å². The van der Waals surface area contributed by atoms with Gasteiger partial charge in [0.2, 0.25) is 0 Å². The number of imidazole rings is 1. The first-order valence-corrected chi connectivity index (χ1v) is 6.32. The number of nitrogens with zero attached hydrogens (tertiary/aromatic N) is 2. The first-order chi connectivity index (χ1) is 8.75. The minimum atomic E-state index is -0.0960. The van der Waals surface area contributed by atoms with Crippen LogP contribution in [0.25, 0.3) is 0 Å². The summed E-state index contributed by atoms with van der Waals surface area (Å²) in [5.74, 6) is 0.330.